The number of carbonyl (C=O) groups excluding carboxylic acids is 1. The molecule has 0 aromatic heterocycles. The van der Waals surface area contributed by atoms with Crippen molar-refractivity contribution in [3.05, 3.63) is 42.0 Å². The van der Waals surface area contributed by atoms with E-state index in [9.17, 15) is 15.0 Å². The first-order valence-electron chi connectivity index (χ1n) is 4.58. The topological polar surface area (TPSA) is 57.5 Å². The third kappa shape index (κ3) is 2.87. The van der Waals surface area contributed by atoms with Crippen molar-refractivity contribution in [3.8, 4) is 11.5 Å². The smallest absolute Gasteiger partial charge is 0.245 e. The number of carbonyl (C=O) groups is 1. The number of rotatable bonds is 4. The van der Waals surface area contributed by atoms with Crippen LogP contribution in [-0.4, -0.2) is 15.5 Å². The van der Waals surface area contributed by atoms with Crippen molar-refractivity contribution >= 4 is 22.9 Å². The van der Waals surface area contributed by atoms with Crippen LogP contribution in [0.25, 0.3) is 6.08 Å². The van der Waals surface area contributed by atoms with Gasteiger partial charge in [0.25, 0.3) is 0 Å². The molecule has 0 fully saturated rings. The Labute approximate surface area is 98.3 Å². The quantitative estimate of drug-likeness (QED) is 0.367. The summed E-state index contributed by atoms with van der Waals surface area (Å²) in [5, 5.41) is 18.4. The van der Waals surface area contributed by atoms with Gasteiger partial charge in [-0.15, -0.1) is 6.58 Å². The molecular formula is C12H11ClO3. The lowest BCUT2D eigenvalue weighted by molar-refractivity contribution is -0.107. The molecule has 1 aromatic rings. The first-order chi connectivity index (χ1) is 7.56. The maximum absolute atomic E-state index is 10.6. The highest BCUT2D eigenvalue weighted by molar-refractivity contribution is 6.66. The van der Waals surface area contributed by atoms with Crippen LogP contribution in [-0.2, 0) is 11.2 Å². The summed E-state index contributed by atoms with van der Waals surface area (Å²) < 4.78 is 0. The molecule has 84 valence electrons. The van der Waals surface area contributed by atoms with E-state index in [-0.39, 0.29) is 11.5 Å². The maximum atomic E-state index is 10.6. The number of hydrogen-bond donors (Lipinski definition) is 2. The van der Waals surface area contributed by atoms with Crippen molar-refractivity contribution in [2.45, 2.75) is 6.42 Å². The van der Waals surface area contributed by atoms with Gasteiger partial charge in [0.2, 0.25) is 5.24 Å². The molecule has 16 heavy (non-hydrogen) atoms. The van der Waals surface area contributed by atoms with Crippen molar-refractivity contribution < 1.29 is 15.0 Å². The van der Waals surface area contributed by atoms with E-state index in [1.54, 1.807) is 12.1 Å². The van der Waals surface area contributed by atoms with Crippen LogP contribution in [0.4, 0.5) is 0 Å². The number of halogens is 1. The van der Waals surface area contributed by atoms with Gasteiger partial charge in [0.15, 0.2) is 11.5 Å². The fourth-order valence-electron chi connectivity index (χ4n) is 1.31. The van der Waals surface area contributed by atoms with E-state index in [1.165, 1.54) is 18.2 Å². The molecule has 0 saturated carbocycles. The molecule has 0 aliphatic carbocycles. The molecule has 1 rings (SSSR count). The zero-order valence-corrected chi connectivity index (χ0v) is 9.24. The fourth-order valence-corrected chi connectivity index (χ4v) is 1.37. The van der Waals surface area contributed by atoms with Crippen LogP contribution in [0.5, 0.6) is 11.5 Å². The number of benzene rings is 1. The van der Waals surface area contributed by atoms with Crippen LogP contribution < -0.4 is 0 Å². The van der Waals surface area contributed by atoms with E-state index in [2.05, 4.69) is 6.58 Å². The molecule has 4 heteroatoms. The summed E-state index contributed by atoms with van der Waals surface area (Å²) in [5.41, 5.74) is 1.12. The monoisotopic (exact) mass is 238 g/mol. The predicted octanol–water partition coefficient (Wildman–Crippen LogP) is 2.60. The first-order valence-corrected chi connectivity index (χ1v) is 4.96. The van der Waals surface area contributed by atoms with Crippen molar-refractivity contribution in [3.63, 3.8) is 0 Å². The normalized spacial score (nSPS) is 10.6. The largest absolute Gasteiger partial charge is 0.504 e. The van der Waals surface area contributed by atoms with Crippen molar-refractivity contribution in [2.75, 3.05) is 0 Å². The fraction of sp³-hybridized carbons (Fsp3) is 0.0833. The Balaban J connectivity index is 3.22. The van der Waals surface area contributed by atoms with Crippen molar-refractivity contribution in [1.82, 2.24) is 0 Å². The molecule has 2 N–H and O–H groups in total. The van der Waals surface area contributed by atoms with Gasteiger partial charge in [-0.2, -0.15) is 0 Å². The second kappa shape index (κ2) is 5.37. The van der Waals surface area contributed by atoms with Crippen LogP contribution in [0.2, 0.25) is 0 Å². The molecule has 1 aromatic carbocycles. The van der Waals surface area contributed by atoms with Gasteiger partial charge in [-0.3, -0.25) is 4.79 Å². The van der Waals surface area contributed by atoms with Crippen molar-refractivity contribution in [1.29, 1.82) is 0 Å². The molecule has 0 amide bonds. The molecule has 3 nitrogen and oxygen atoms in total. The van der Waals surface area contributed by atoms with Crippen LogP contribution in [0.15, 0.2) is 30.9 Å². The predicted molar refractivity (Wildman–Crippen MR) is 63.6 cm³/mol. The third-order valence-corrected chi connectivity index (χ3v) is 2.17. The van der Waals surface area contributed by atoms with Crippen LogP contribution >= 0.6 is 11.6 Å². The zero-order valence-electron chi connectivity index (χ0n) is 8.48. The van der Waals surface area contributed by atoms with Gasteiger partial charge < -0.3 is 10.2 Å². The summed E-state index contributed by atoms with van der Waals surface area (Å²) in [6.07, 6.45) is 4.64. The lowest BCUT2D eigenvalue weighted by atomic mass is 10.0. The van der Waals surface area contributed by atoms with Crippen LogP contribution in [0, 0.1) is 0 Å². The molecule has 0 spiro atoms. The van der Waals surface area contributed by atoms with Gasteiger partial charge in [-0.1, -0.05) is 12.1 Å². The molecule has 0 saturated heterocycles. The van der Waals surface area contributed by atoms with Crippen molar-refractivity contribution in [2.24, 2.45) is 0 Å². The highest BCUT2D eigenvalue weighted by atomic mass is 35.5. The Hall–Kier alpha value is -1.74. The van der Waals surface area contributed by atoms with E-state index in [0.29, 0.717) is 17.5 Å². The van der Waals surface area contributed by atoms with Crippen LogP contribution in [0.3, 0.4) is 0 Å². The summed E-state index contributed by atoms with van der Waals surface area (Å²) in [5.74, 6) is -0.407. The number of allylic oxidation sites excluding steroid dienone is 2. The van der Waals surface area contributed by atoms with Gasteiger partial charge in [0, 0.05) is 5.56 Å². The zero-order chi connectivity index (χ0) is 12.1. The number of phenols is 2. The minimum absolute atomic E-state index is 0.203. The molecule has 0 unspecified atom stereocenters. The second-order valence-electron chi connectivity index (χ2n) is 3.13. The van der Waals surface area contributed by atoms with Gasteiger partial charge in [-0.25, -0.2) is 0 Å². The molecule has 0 aliphatic rings. The maximum Gasteiger partial charge on any atom is 0.245 e. The molecule has 0 aliphatic heterocycles. The number of aromatic hydroxyl groups is 2. The Morgan fingerprint density at radius 1 is 1.44 bits per heavy atom. The SMILES string of the molecule is C=CCc1c(C=CC(=O)Cl)ccc(O)c1O. The van der Waals surface area contributed by atoms with E-state index in [1.807, 2.05) is 0 Å². The minimum Gasteiger partial charge on any atom is -0.504 e. The standard InChI is InChI=1S/C12H11ClO3/c1-2-3-9-8(5-7-11(13)15)4-6-10(14)12(9)16/h2,4-7,14,16H,1,3H2. The number of phenolic OH excluding ortho intramolecular Hbond substituents is 2. The van der Waals surface area contributed by atoms with E-state index in [4.69, 9.17) is 11.6 Å². The average Bonchev–Trinajstić information content (AvgIpc) is 2.24. The number of hydrogen-bond acceptors (Lipinski definition) is 3. The summed E-state index contributed by atoms with van der Waals surface area (Å²) in [4.78, 5) is 10.6. The Morgan fingerprint density at radius 2 is 2.12 bits per heavy atom. The molecule has 0 atom stereocenters. The lowest BCUT2D eigenvalue weighted by Gasteiger charge is -2.07. The summed E-state index contributed by atoms with van der Waals surface area (Å²) in [6.45, 7) is 3.55. The summed E-state index contributed by atoms with van der Waals surface area (Å²) in [6, 6.07) is 2.94. The lowest BCUT2D eigenvalue weighted by Crippen LogP contribution is -1.89. The summed E-state index contributed by atoms with van der Waals surface area (Å²) >= 11 is 5.17. The molecule has 0 radical (unpaired) electrons. The Bertz CT molecular complexity index is 450. The first kappa shape index (κ1) is 12.3. The van der Waals surface area contributed by atoms with E-state index < -0.39 is 5.24 Å². The van der Waals surface area contributed by atoms with E-state index in [0.717, 1.165) is 0 Å². The second-order valence-corrected chi connectivity index (χ2v) is 3.50. The Kier molecular flexibility index (Phi) is 4.14. The molecular weight excluding hydrogens is 228 g/mol. The van der Waals surface area contributed by atoms with Gasteiger partial charge in [0.05, 0.1) is 0 Å². The molecule has 0 bridgehead atoms. The third-order valence-electron chi connectivity index (χ3n) is 2.04. The molecule has 0 heterocycles. The minimum atomic E-state index is -0.600. The van der Waals surface area contributed by atoms with E-state index >= 15 is 0 Å². The highest BCUT2D eigenvalue weighted by Crippen LogP contribution is 2.32. The average molecular weight is 239 g/mol. The van der Waals surface area contributed by atoms with Crippen LogP contribution in [0.1, 0.15) is 11.1 Å². The summed E-state index contributed by atoms with van der Waals surface area (Å²) in [7, 11) is 0. The highest BCUT2D eigenvalue weighted by Gasteiger charge is 2.09. The Morgan fingerprint density at radius 3 is 2.69 bits per heavy atom. The van der Waals surface area contributed by atoms with Gasteiger partial charge in [-0.05, 0) is 41.8 Å². The van der Waals surface area contributed by atoms with Gasteiger partial charge >= 0.3 is 0 Å². The van der Waals surface area contributed by atoms with Gasteiger partial charge in [0.1, 0.15) is 0 Å².